The van der Waals surface area contributed by atoms with Crippen molar-refractivity contribution in [1.29, 1.82) is 0 Å². The van der Waals surface area contributed by atoms with E-state index in [9.17, 15) is 0 Å². The minimum absolute atomic E-state index is 0.119. The fraction of sp³-hybridized carbons (Fsp3) is 0.372. The molecule has 1 fully saturated rings. The van der Waals surface area contributed by atoms with Crippen LogP contribution in [0, 0.1) is 17.8 Å². The minimum atomic E-state index is 0.119. The zero-order chi connectivity index (χ0) is 32.5. The molecule has 0 aromatic heterocycles. The fourth-order valence-electron chi connectivity index (χ4n) is 8.84. The van der Waals surface area contributed by atoms with Gasteiger partial charge in [-0.25, -0.2) is 0 Å². The number of rotatable bonds is 8. The van der Waals surface area contributed by atoms with Crippen LogP contribution in [0.1, 0.15) is 63.0 Å². The average molecular weight is 653 g/mol. The molecule has 0 amide bonds. The van der Waals surface area contributed by atoms with Crippen molar-refractivity contribution >= 4 is 39.1 Å². The van der Waals surface area contributed by atoms with Gasteiger partial charge < -0.3 is 16.4 Å². The summed E-state index contributed by atoms with van der Waals surface area (Å²) in [5.41, 5.74) is 14.0. The summed E-state index contributed by atoms with van der Waals surface area (Å²) in [6.07, 6.45) is 28.2. The van der Waals surface area contributed by atoms with E-state index < -0.39 is 0 Å². The van der Waals surface area contributed by atoms with Crippen molar-refractivity contribution in [3.63, 3.8) is 0 Å². The molecule has 5 aliphatic rings. The predicted octanol–water partition coefficient (Wildman–Crippen LogP) is 9.44. The van der Waals surface area contributed by atoms with E-state index in [0.717, 1.165) is 37.4 Å². The number of nitrogens with zero attached hydrogens (tertiary/aromatic N) is 1. The Balaban J connectivity index is 1.09. The maximum absolute atomic E-state index is 6.74. The highest BCUT2D eigenvalue weighted by Crippen LogP contribution is 2.46. The van der Waals surface area contributed by atoms with E-state index in [1.807, 2.05) is 18.8 Å². The van der Waals surface area contributed by atoms with Gasteiger partial charge in [0, 0.05) is 17.7 Å². The first kappa shape index (κ1) is 31.6. The average Bonchev–Trinajstić information content (AvgIpc) is 3.16. The van der Waals surface area contributed by atoms with Crippen molar-refractivity contribution in [2.45, 2.75) is 68.8 Å². The topological polar surface area (TPSA) is 62.4 Å². The Hall–Kier alpha value is -3.64. The number of hydrogen-bond acceptors (Lipinski definition) is 5. The van der Waals surface area contributed by atoms with Gasteiger partial charge in [-0.1, -0.05) is 109 Å². The molecule has 0 radical (unpaired) electrons. The third-order valence-electron chi connectivity index (χ3n) is 11.3. The summed E-state index contributed by atoms with van der Waals surface area (Å²) in [4.78, 5) is 5.44. The van der Waals surface area contributed by atoms with Gasteiger partial charge >= 0.3 is 0 Å². The molecule has 1 aliphatic heterocycles. The maximum Gasteiger partial charge on any atom is 0.125 e. The maximum atomic E-state index is 6.74. The van der Waals surface area contributed by atoms with Crippen LogP contribution in [0.5, 0.6) is 0 Å². The Morgan fingerprint density at radius 3 is 2.67 bits per heavy atom. The fourth-order valence-corrected chi connectivity index (χ4v) is 9.70. The standard InChI is InChI=1S/C43H48N4S/c1-45-27-48-42(44)38-24-23-33(35-16-7-9-17-36(35)38)28-19-21-29(22-20-28)40-26-41(47-43(46-40)30-11-3-2-4-12-30)39-25-31-13-5-6-14-32(31)34-15-8-10-18-37(34)39/h2-3,5-6,8,10-11,13-15,18-19,21-25,28,36,38,40-42,45H,4,7,9,12,16-17,20,26-27,44H2,1H3,(H,46,47). The van der Waals surface area contributed by atoms with Crippen molar-refractivity contribution in [3.05, 3.63) is 131 Å². The van der Waals surface area contributed by atoms with E-state index in [4.69, 9.17) is 10.7 Å². The molecule has 6 unspecified atom stereocenters. The molecule has 0 bridgehead atoms. The van der Waals surface area contributed by atoms with Crippen LogP contribution >= 0.6 is 11.8 Å². The van der Waals surface area contributed by atoms with Gasteiger partial charge in [0.1, 0.15) is 5.84 Å². The van der Waals surface area contributed by atoms with Gasteiger partial charge in [-0.05, 0) is 108 Å². The lowest BCUT2D eigenvalue weighted by atomic mass is 9.68. The van der Waals surface area contributed by atoms with Crippen LogP contribution in [-0.2, 0) is 0 Å². The summed E-state index contributed by atoms with van der Waals surface area (Å²) in [6.45, 7) is 0. The lowest BCUT2D eigenvalue weighted by Crippen LogP contribution is -2.38. The van der Waals surface area contributed by atoms with Crippen molar-refractivity contribution < 1.29 is 0 Å². The van der Waals surface area contributed by atoms with Crippen molar-refractivity contribution in [1.82, 2.24) is 10.6 Å². The Labute approximate surface area is 290 Å². The van der Waals surface area contributed by atoms with E-state index in [2.05, 4.69) is 114 Å². The zero-order valence-corrected chi connectivity index (χ0v) is 28.9. The molecule has 3 aromatic rings. The number of thioether (sulfide) groups is 1. The quantitative estimate of drug-likeness (QED) is 0.168. The summed E-state index contributed by atoms with van der Waals surface area (Å²) >= 11 is 1.85. The highest BCUT2D eigenvalue weighted by molar-refractivity contribution is 7.99. The van der Waals surface area contributed by atoms with E-state index in [-0.39, 0.29) is 17.5 Å². The molecule has 4 nitrogen and oxygen atoms in total. The largest absolute Gasteiger partial charge is 0.363 e. The van der Waals surface area contributed by atoms with Gasteiger partial charge in [0.25, 0.3) is 0 Å². The lowest BCUT2D eigenvalue weighted by Gasteiger charge is -2.39. The predicted molar refractivity (Wildman–Crippen MR) is 206 cm³/mol. The second-order valence-electron chi connectivity index (χ2n) is 14.1. The molecule has 0 spiro atoms. The SMILES string of the molecule is CNCSC(N)C1C=CC(C2C=CC(C3CC(c4cc5ccccc5c5ccccc45)NC(C4=CC=CCC4)=N3)=CC2)=C2CCCCC21. The number of nitrogens with two attached hydrogens (primary N) is 1. The van der Waals surface area contributed by atoms with Crippen LogP contribution in [0.4, 0.5) is 0 Å². The zero-order valence-electron chi connectivity index (χ0n) is 28.1. The van der Waals surface area contributed by atoms with Crippen LogP contribution in [0.2, 0.25) is 0 Å². The molecule has 0 saturated heterocycles. The van der Waals surface area contributed by atoms with Crippen LogP contribution in [-0.4, -0.2) is 30.2 Å². The summed E-state index contributed by atoms with van der Waals surface area (Å²) in [6, 6.07) is 20.5. The first-order chi connectivity index (χ1) is 23.7. The van der Waals surface area contributed by atoms with Gasteiger partial charge in [-0.2, -0.15) is 0 Å². The van der Waals surface area contributed by atoms with Crippen LogP contribution < -0.4 is 16.4 Å². The Morgan fingerprint density at radius 2 is 1.85 bits per heavy atom. The van der Waals surface area contributed by atoms with Gasteiger partial charge in [0.15, 0.2) is 0 Å². The number of fused-ring (bicyclic) bond motifs is 4. The van der Waals surface area contributed by atoms with Crippen LogP contribution in [0.25, 0.3) is 21.5 Å². The number of amidine groups is 1. The van der Waals surface area contributed by atoms with E-state index in [1.54, 1.807) is 11.1 Å². The summed E-state index contributed by atoms with van der Waals surface area (Å²) < 4.78 is 0. The molecular formula is C43H48N4S. The van der Waals surface area contributed by atoms with Crippen molar-refractivity contribution in [2.75, 3.05) is 12.9 Å². The van der Waals surface area contributed by atoms with Gasteiger partial charge in [0.05, 0.1) is 17.5 Å². The summed E-state index contributed by atoms with van der Waals surface area (Å²) in [7, 11) is 2.00. The number of aliphatic imine (C=N–C) groups is 1. The first-order valence-electron chi connectivity index (χ1n) is 18.1. The smallest absolute Gasteiger partial charge is 0.125 e. The molecule has 4 N–H and O–H groups in total. The molecule has 5 heteroatoms. The second-order valence-corrected chi connectivity index (χ2v) is 15.3. The summed E-state index contributed by atoms with van der Waals surface area (Å²) in [5.74, 6) is 3.41. The molecule has 3 aromatic carbocycles. The van der Waals surface area contributed by atoms with E-state index >= 15 is 0 Å². The minimum Gasteiger partial charge on any atom is -0.363 e. The Morgan fingerprint density at radius 1 is 1.00 bits per heavy atom. The summed E-state index contributed by atoms with van der Waals surface area (Å²) in [5, 5.41) is 12.6. The lowest BCUT2D eigenvalue weighted by molar-refractivity contribution is 0.347. The molecule has 6 atom stereocenters. The number of nitrogens with one attached hydrogen (secondary N) is 2. The molecule has 246 valence electrons. The monoisotopic (exact) mass is 652 g/mol. The third kappa shape index (κ3) is 6.17. The van der Waals surface area contributed by atoms with Gasteiger partial charge in [-0.3, -0.25) is 4.99 Å². The second kappa shape index (κ2) is 14.1. The van der Waals surface area contributed by atoms with E-state index in [0.29, 0.717) is 17.8 Å². The third-order valence-corrected chi connectivity index (χ3v) is 12.4. The van der Waals surface area contributed by atoms with Crippen LogP contribution in [0.3, 0.4) is 0 Å². The van der Waals surface area contributed by atoms with Crippen molar-refractivity contribution in [2.24, 2.45) is 28.5 Å². The molecule has 1 heterocycles. The molecule has 48 heavy (non-hydrogen) atoms. The van der Waals surface area contributed by atoms with Gasteiger partial charge in [0.2, 0.25) is 0 Å². The molecule has 8 rings (SSSR count). The molecule has 4 aliphatic carbocycles. The highest BCUT2D eigenvalue weighted by atomic mass is 32.2. The Kier molecular flexibility index (Phi) is 9.27. The number of hydrogen-bond donors (Lipinski definition) is 3. The molecular weight excluding hydrogens is 605 g/mol. The Bertz CT molecular complexity index is 1910. The van der Waals surface area contributed by atoms with Crippen molar-refractivity contribution in [3.8, 4) is 0 Å². The number of benzene rings is 3. The highest BCUT2D eigenvalue weighted by Gasteiger charge is 2.36. The normalized spacial score (nSPS) is 27.7. The van der Waals surface area contributed by atoms with Crippen LogP contribution in [0.15, 0.2) is 130 Å². The van der Waals surface area contributed by atoms with E-state index in [1.165, 1.54) is 63.9 Å². The van der Waals surface area contributed by atoms with Gasteiger partial charge in [-0.15, -0.1) is 11.8 Å². The number of allylic oxidation sites excluding steroid dienone is 8. The molecule has 1 saturated carbocycles. The first-order valence-corrected chi connectivity index (χ1v) is 19.1.